The summed E-state index contributed by atoms with van der Waals surface area (Å²) in [6.07, 6.45) is 0. The minimum absolute atomic E-state index is 0.0800. The van der Waals surface area contributed by atoms with Crippen LogP contribution in [0.15, 0.2) is 66.2 Å². The van der Waals surface area contributed by atoms with Crippen molar-refractivity contribution >= 4 is 34.7 Å². The van der Waals surface area contributed by atoms with Crippen molar-refractivity contribution in [1.29, 1.82) is 0 Å². The molecule has 33 heavy (non-hydrogen) atoms. The first-order chi connectivity index (χ1) is 15.7. The number of hydrogen-bond acceptors (Lipinski definition) is 4. The van der Waals surface area contributed by atoms with Crippen LogP contribution in [-0.2, 0) is 9.59 Å². The lowest BCUT2D eigenvalue weighted by molar-refractivity contribution is -0.132. The SMILES string of the molecule is COc1ccc(N2C(=O)C(=O)/C(=C(/O)c3ccc(F)c(C)c3)C2c2cccc(C)c2)cc1Cl. The second-order valence-corrected chi connectivity index (χ2v) is 8.27. The predicted octanol–water partition coefficient (Wildman–Crippen LogP) is 5.73. The third-order valence-electron chi connectivity index (χ3n) is 5.65. The van der Waals surface area contributed by atoms with Gasteiger partial charge in [-0.3, -0.25) is 14.5 Å². The fourth-order valence-electron chi connectivity index (χ4n) is 4.01. The number of anilines is 1. The lowest BCUT2D eigenvalue weighted by Crippen LogP contribution is -2.29. The quantitative estimate of drug-likeness (QED) is 0.303. The number of ketones is 1. The Morgan fingerprint density at radius 1 is 1.06 bits per heavy atom. The van der Waals surface area contributed by atoms with Crippen LogP contribution in [0.3, 0.4) is 0 Å². The fourth-order valence-corrected chi connectivity index (χ4v) is 4.26. The van der Waals surface area contributed by atoms with Gasteiger partial charge in [0, 0.05) is 11.3 Å². The molecule has 1 aliphatic heterocycles. The van der Waals surface area contributed by atoms with E-state index in [0.717, 1.165) is 5.56 Å². The maximum atomic E-state index is 13.8. The van der Waals surface area contributed by atoms with Crippen LogP contribution in [0, 0.1) is 19.7 Å². The number of ether oxygens (including phenoxy) is 1. The number of aliphatic hydroxyl groups excluding tert-OH is 1. The van der Waals surface area contributed by atoms with Crippen molar-refractivity contribution in [3.63, 3.8) is 0 Å². The summed E-state index contributed by atoms with van der Waals surface area (Å²) in [5.74, 6) is -2.03. The molecule has 7 heteroatoms. The molecule has 1 aliphatic rings. The third kappa shape index (κ3) is 3.98. The van der Waals surface area contributed by atoms with E-state index < -0.39 is 23.5 Å². The Labute approximate surface area is 195 Å². The monoisotopic (exact) mass is 465 g/mol. The standard InChI is InChI=1S/C26H21ClFNO4/c1-14-5-4-6-16(11-14)23-22(24(30)17-7-9-20(28)15(2)12-17)25(31)26(32)29(23)18-8-10-21(33-3)19(27)13-18/h4-13,23,30H,1-3H3/b24-22+. The fraction of sp³-hybridized carbons (Fsp3) is 0.154. The molecule has 1 fully saturated rings. The van der Waals surface area contributed by atoms with Crippen molar-refractivity contribution in [2.45, 2.75) is 19.9 Å². The highest BCUT2D eigenvalue weighted by molar-refractivity contribution is 6.51. The largest absolute Gasteiger partial charge is 0.507 e. The second-order valence-electron chi connectivity index (χ2n) is 7.87. The predicted molar refractivity (Wildman–Crippen MR) is 125 cm³/mol. The van der Waals surface area contributed by atoms with Crippen molar-refractivity contribution in [1.82, 2.24) is 0 Å². The Morgan fingerprint density at radius 2 is 1.82 bits per heavy atom. The maximum absolute atomic E-state index is 13.8. The molecular weight excluding hydrogens is 445 g/mol. The number of carbonyl (C=O) groups excluding carboxylic acids is 2. The van der Waals surface area contributed by atoms with Gasteiger partial charge >= 0.3 is 0 Å². The van der Waals surface area contributed by atoms with Crippen molar-refractivity contribution in [2.75, 3.05) is 12.0 Å². The molecule has 0 saturated carbocycles. The van der Waals surface area contributed by atoms with Gasteiger partial charge in [0.15, 0.2) is 0 Å². The molecule has 1 heterocycles. The number of aliphatic hydroxyl groups is 1. The number of hydrogen-bond donors (Lipinski definition) is 1. The van der Waals surface area contributed by atoms with Crippen molar-refractivity contribution in [3.8, 4) is 5.75 Å². The van der Waals surface area contributed by atoms with E-state index in [0.29, 0.717) is 22.6 Å². The highest BCUT2D eigenvalue weighted by Gasteiger charge is 2.47. The molecule has 0 aliphatic carbocycles. The van der Waals surface area contributed by atoms with Gasteiger partial charge in [-0.15, -0.1) is 0 Å². The van der Waals surface area contributed by atoms with Gasteiger partial charge in [0.1, 0.15) is 17.3 Å². The molecule has 168 valence electrons. The van der Waals surface area contributed by atoms with Gasteiger partial charge in [-0.2, -0.15) is 0 Å². The summed E-state index contributed by atoms with van der Waals surface area (Å²) in [4.78, 5) is 27.7. The Kier molecular flexibility index (Phi) is 5.95. The average molecular weight is 466 g/mol. The molecule has 1 atom stereocenters. The van der Waals surface area contributed by atoms with Crippen LogP contribution in [0.1, 0.15) is 28.3 Å². The van der Waals surface area contributed by atoms with Crippen molar-refractivity contribution < 1.29 is 23.8 Å². The van der Waals surface area contributed by atoms with Crippen LogP contribution in [-0.4, -0.2) is 23.9 Å². The average Bonchev–Trinajstić information content (AvgIpc) is 3.05. The van der Waals surface area contributed by atoms with Crippen LogP contribution in [0.4, 0.5) is 10.1 Å². The van der Waals surface area contributed by atoms with Crippen molar-refractivity contribution in [2.24, 2.45) is 0 Å². The number of Topliss-reactive ketones (excluding diaryl/α,β-unsaturated/α-hetero) is 1. The van der Waals surface area contributed by atoms with E-state index in [1.165, 1.54) is 36.3 Å². The minimum atomic E-state index is -0.903. The van der Waals surface area contributed by atoms with E-state index in [4.69, 9.17) is 16.3 Å². The van der Waals surface area contributed by atoms with E-state index in [2.05, 4.69) is 0 Å². The van der Waals surface area contributed by atoms with Gasteiger partial charge in [-0.25, -0.2) is 4.39 Å². The van der Waals surface area contributed by atoms with E-state index >= 15 is 0 Å². The molecule has 0 spiro atoms. The molecule has 1 unspecified atom stereocenters. The first-order valence-electron chi connectivity index (χ1n) is 10.2. The molecule has 3 aromatic carbocycles. The molecule has 1 N–H and O–H groups in total. The highest BCUT2D eigenvalue weighted by Crippen LogP contribution is 2.43. The summed E-state index contributed by atoms with van der Waals surface area (Å²) in [6, 6.07) is 15.2. The van der Waals surface area contributed by atoms with Crippen LogP contribution in [0.2, 0.25) is 5.02 Å². The Hall–Kier alpha value is -3.64. The van der Waals surface area contributed by atoms with Gasteiger partial charge in [-0.1, -0.05) is 41.4 Å². The molecule has 3 aromatic rings. The summed E-state index contributed by atoms with van der Waals surface area (Å²) in [5.41, 5.74) is 2.41. The maximum Gasteiger partial charge on any atom is 0.300 e. The molecule has 0 radical (unpaired) electrons. The number of carbonyl (C=O) groups is 2. The first kappa shape index (κ1) is 22.6. The van der Waals surface area contributed by atoms with E-state index in [9.17, 15) is 19.1 Å². The summed E-state index contributed by atoms with van der Waals surface area (Å²) >= 11 is 6.29. The second kappa shape index (κ2) is 8.71. The zero-order chi connectivity index (χ0) is 23.9. The lowest BCUT2D eigenvalue weighted by atomic mass is 9.94. The van der Waals surface area contributed by atoms with Gasteiger partial charge in [0.05, 0.1) is 23.7 Å². The van der Waals surface area contributed by atoms with Crippen LogP contribution >= 0.6 is 11.6 Å². The summed E-state index contributed by atoms with van der Waals surface area (Å²) < 4.78 is 19.0. The highest BCUT2D eigenvalue weighted by atomic mass is 35.5. The summed E-state index contributed by atoms with van der Waals surface area (Å²) in [6.45, 7) is 3.45. The van der Waals surface area contributed by atoms with Crippen LogP contribution < -0.4 is 9.64 Å². The third-order valence-corrected chi connectivity index (χ3v) is 5.94. The Morgan fingerprint density at radius 3 is 2.45 bits per heavy atom. The zero-order valence-corrected chi connectivity index (χ0v) is 19.0. The van der Waals surface area contributed by atoms with Crippen LogP contribution in [0.5, 0.6) is 5.75 Å². The molecule has 4 rings (SSSR count). The van der Waals surface area contributed by atoms with Crippen molar-refractivity contribution in [3.05, 3.63) is 99.3 Å². The number of aryl methyl sites for hydroxylation is 2. The van der Waals surface area contributed by atoms with E-state index in [1.54, 1.807) is 25.1 Å². The lowest BCUT2D eigenvalue weighted by Gasteiger charge is -2.26. The number of rotatable bonds is 4. The van der Waals surface area contributed by atoms with E-state index in [-0.39, 0.29) is 21.9 Å². The topological polar surface area (TPSA) is 66.8 Å². The van der Waals surface area contributed by atoms with Gasteiger partial charge in [0.2, 0.25) is 0 Å². The smallest absolute Gasteiger partial charge is 0.300 e. The Balaban J connectivity index is 1.96. The van der Waals surface area contributed by atoms with E-state index in [1.807, 2.05) is 25.1 Å². The minimum Gasteiger partial charge on any atom is -0.507 e. The number of amides is 1. The normalized spacial score (nSPS) is 17.5. The zero-order valence-electron chi connectivity index (χ0n) is 18.2. The van der Waals surface area contributed by atoms with Gasteiger partial charge in [0.25, 0.3) is 11.7 Å². The number of halogens is 2. The molecule has 5 nitrogen and oxygen atoms in total. The molecule has 0 aromatic heterocycles. The number of nitrogens with zero attached hydrogens (tertiary/aromatic N) is 1. The number of methoxy groups -OCH3 is 1. The first-order valence-corrected chi connectivity index (χ1v) is 10.6. The summed E-state index contributed by atoms with van der Waals surface area (Å²) in [7, 11) is 1.48. The van der Waals surface area contributed by atoms with Gasteiger partial charge < -0.3 is 9.84 Å². The Bertz CT molecular complexity index is 1320. The molecule has 1 amide bonds. The van der Waals surface area contributed by atoms with Crippen LogP contribution in [0.25, 0.3) is 5.76 Å². The molecule has 0 bridgehead atoms. The number of benzene rings is 3. The summed E-state index contributed by atoms with van der Waals surface area (Å²) in [5, 5.41) is 11.4. The molecular formula is C26H21ClFNO4. The van der Waals surface area contributed by atoms with Gasteiger partial charge in [-0.05, 0) is 61.4 Å². The molecule has 1 saturated heterocycles.